The molecule has 1 rings (SSSR count). The normalized spacial score (nSPS) is 10.6. The molecule has 2 N–H and O–H groups in total. The molecule has 1 aromatic heterocycles. The number of aromatic nitrogens is 1. The number of carboxylic acid groups (broad SMARTS) is 1. The zero-order valence-corrected chi connectivity index (χ0v) is 7.87. The largest absolute Gasteiger partial charge is 0.476 e. The quantitative estimate of drug-likeness (QED) is 0.707. The predicted molar refractivity (Wildman–Crippen MR) is 50.0 cm³/mol. The number of aromatic carboxylic acids is 1. The molecule has 1 aromatic rings. The highest BCUT2D eigenvalue weighted by molar-refractivity contribution is 5.85. The number of nitrogens with zero attached hydrogens (tertiary/aromatic N) is 1. The molecule has 0 spiro atoms. The smallest absolute Gasteiger partial charge is 0.357 e. The van der Waals surface area contributed by atoms with Gasteiger partial charge in [-0.1, -0.05) is 5.92 Å². The van der Waals surface area contributed by atoms with E-state index in [2.05, 4.69) is 16.2 Å². The summed E-state index contributed by atoms with van der Waals surface area (Å²) in [6, 6.07) is 0.102. The number of carboxylic acids is 1. The van der Waals surface area contributed by atoms with Crippen LogP contribution in [0.15, 0.2) is 10.7 Å². The van der Waals surface area contributed by atoms with Crippen LogP contribution in [0.4, 0.5) is 6.01 Å². The van der Waals surface area contributed by atoms with E-state index in [0.29, 0.717) is 0 Å². The zero-order chi connectivity index (χ0) is 10.8. The summed E-state index contributed by atoms with van der Waals surface area (Å²) < 4.78 is 4.87. The van der Waals surface area contributed by atoms with Gasteiger partial charge in [0, 0.05) is 0 Å². The van der Waals surface area contributed by atoms with Crippen molar-refractivity contribution < 1.29 is 14.3 Å². The SMILES string of the molecule is C#CC(C)(C)Nc1nc(C(=O)O)co1. The van der Waals surface area contributed by atoms with Crippen molar-refractivity contribution in [1.82, 2.24) is 4.98 Å². The van der Waals surface area contributed by atoms with Gasteiger partial charge in [-0.25, -0.2) is 4.79 Å². The first kappa shape index (κ1) is 10.1. The lowest BCUT2D eigenvalue weighted by Gasteiger charge is -2.17. The molecule has 0 saturated heterocycles. The average Bonchev–Trinajstić information content (AvgIpc) is 2.52. The maximum atomic E-state index is 10.5. The van der Waals surface area contributed by atoms with E-state index in [-0.39, 0.29) is 11.7 Å². The van der Waals surface area contributed by atoms with Crippen LogP contribution in [-0.2, 0) is 0 Å². The van der Waals surface area contributed by atoms with Gasteiger partial charge in [0.15, 0.2) is 5.69 Å². The Morgan fingerprint density at radius 1 is 1.79 bits per heavy atom. The van der Waals surface area contributed by atoms with E-state index >= 15 is 0 Å². The first-order valence-corrected chi connectivity index (χ1v) is 3.89. The molecule has 14 heavy (non-hydrogen) atoms. The minimum atomic E-state index is -1.14. The van der Waals surface area contributed by atoms with Crippen molar-refractivity contribution in [2.24, 2.45) is 0 Å². The van der Waals surface area contributed by atoms with E-state index in [0.717, 1.165) is 6.26 Å². The third-order valence-electron chi connectivity index (χ3n) is 1.50. The third-order valence-corrected chi connectivity index (χ3v) is 1.50. The van der Waals surface area contributed by atoms with Gasteiger partial charge in [0.1, 0.15) is 6.26 Å². The summed E-state index contributed by atoms with van der Waals surface area (Å²) in [5.74, 6) is 1.33. The topological polar surface area (TPSA) is 75.4 Å². The van der Waals surface area contributed by atoms with Gasteiger partial charge in [-0.05, 0) is 13.8 Å². The van der Waals surface area contributed by atoms with E-state index in [1.54, 1.807) is 13.8 Å². The van der Waals surface area contributed by atoms with E-state index in [1.807, 2.05) is 0 Å². The van der Waals surface area contributed by atoms with Crippen LogP contribution < -0.4 is 5.32 Å². The maximum absolute atomic E-state index is 10.5. The summed E-state index contributed by atoms with van der Waals surface area (Å²) in [7, 11) is 0. The van der Waals surface area contributed by atoms with Crippen LogP contribution in [-0.4, -0.2) is 21.6 Å². The third kappa shape index (κ3) is 2.26. The van der Waals surface area contributed by atoms with Gasteiger partial charge in [-0.15, -0.1) is 6.42 Å². The molecule has 0 bridgehead atoms. The molecule has 0 aromatic carbocycles. The van der Waals surface area contributed by atoms with E-state index < -0.39 is 11.5 Å². The highest BCUT2D eigenvalue weighted by Gasteiger charge is 2.17. The highest BCUT2D eigenvalue weighted by Crippen LogP contribution is 2.13. The van der Waals surface area contributed by atoms with E-state index in [1.165, 1.54) is 0 Å². The summed E-state index contributed by atoms with van der Waals surface area (Å²) in [4.78, 5) is 14.1. The Labute approximate surface area is 81.1 Å². The average molecular weight is 194 g/mol. The van der Waals surface area contributed by atoms with Gasteiger partial charge >= 0.3 is 5.97 Å². The molecule has 0 aliphatic carbocycles. The molecule has 0 atom stereocenters. The molecule has 5 nitrogen and oxygen atoms in total. The van der Waals surface area contributed by atoms with Crippen molar-refractivity contribution in [2.75, 3.05) is 5.32 Å². The van der Waals surface area contributed by atoms with Crippen molar-refractivity contribution in [3.63, 3.8) is 0 Å². The molecule has 5 heteroatoms. The molecule has 0 aliphatic heterocycles. The standard InChI is InChI=1S/C9H10N2O3/c1-4-9(2,3)11-8-10-6(5-14-8)7(12)13/h1,5H,2-3H3,(H,10,11)(H,12,13). The second kappa shape index (κ2) is 3.42. The molecule has 74 valence electrons. The minimum absolute atomic E-state index is 0.102. The summed E-state index contributed by atoms with van der Waals surface area (Å²) in [5, 5.41) is 11.3. The molecule has 0 unspecified atom stereocenters. The lowest BCUT2D eigenvalue weighted by molar-refractivity contribution is 0.0690. The molecule has 0 saturated carbocycles. The number of carbonyl (C=O) groups is 1. The van der Waals surface area contributed by atoms with Gasteiger partial charge < -0.3 is 14.8 Å². The van der Waals surface area contributed by atoms with Crippen LogP contribution in [0, 0.1) is 12.3 Å². The monoisotopic (exact) mass is 194 g/mol. The fourth-order valence-corrected chi connectivity index (χ4v) is 0.733. The molecule has 0 fully saturated rings. The lowest BCUT2D eigenvalue weighted by atomic mass is 10.1. The number of anilines is 1. The van der Waals surface area contributed by atoms with Gasteiger partial charge in [-0.3, -0.25) is 0 Å². The number of nitrogens with one attached hydrogen (secondary N) is 1. The van der Waals surface area contributed by atoms with Crippen LogP contribution >= 0.6 is 0 Å². The molecule has 1 heterocycles. The van der Waals surface area contributed by atoms with Crippen molar-refractivity contribution in [3.05, 3.63) is 12.0 Å². The molecular formula is C9H10N2O3. The second-order valence-corrected chi connectivity index (χ2v) is 3.24. The number of hydrogen-bond acceptors (Lipinski definition) is 4. The fraction of sp³-hybridized carbons (Fsp3) is 0.333. The van der Waals surface area contributed by atoms with Gasteiger partial charge in [0.2, 0.25) is 0 Å². The number of hydrogen-bond donors (Lipinski definition) is 2. The van der Waals surface area contributed by atoms with Crippen LogP contribution in [0.5, 0.6) is 0 Å². The molecular weight excluding hydrogens is 184 g/mol. The fourth-order valence-electron chi connectivity index (χ4n) is 0.733. The van der Waals surface area contributed by atoms with Crippen molar-refractivity contribution >= 4 is 12.0 Å². The Morgan fingerprint density at radius 2 is 2.43 bits per heavy atom. The van der Waals surface area contributed by atoms with Crippen molar-refractivity contribution in [3.8, 4) is 12.3 Å². The molecule has 0 aliphatic rings. The summed E-state index contributed by atoms with van der Waals surface area (Å²) in [6.07, 6.45) is 6.28. The Hall–Kier alpha value is -1.96. The lowest BCUT2D eigenvalue weighted by Crippen LogP contribution is -2.28. The van der Waals surface area contributed by atoms with Crippen LogP contribution in [0.3, 0.4) is 0 Å². The Kier molecular flexibility index (Phi) is 2.47. The number of terminal acetylenes is 1. The van der Waals surface area contributed by atoms with Crippen LogP contribution in [0.25, 0.3) is 0 Å². The summed E-state index contributed by atoms with van der Waals surface area (Å²) >= 11 is 0. The van der Waals surface area contributed by atoms with Gasteiger partial charge in [0.25, 0.3) is 6.01 Å². The van der Waals surface area contributed by atoms with Crippen molar-refractivity contribution in [2.45, 2.75) is 19.4 Å². The first-order valence-electron chi connectivity index (χ1n) is 3.89. The van der Waals surface area contributed by atoms with E-state index in [4.69, 9.17) is 15.9 Å². The Bertz CT molecular complexity index is 387. The second-order valence-electron chi connectivity index (χ2n) is 3.24. The van der Waals surface area contributed by atoms with Crippen LogP contribution in [0.1, 0.15) is 24.3 Å². The Morgan fingerprint density at radius 3 is 2.86 bits per heavy atom. The van der Waals surface area contributed by atoms with Crippen LogP contribution in [0.2, 0.25) is 0 Å². The molecule has 0 amide bonds. The first-order chi connectivity index (χ1) is 6.44. The predicted octanol–water partition coefficient (Wildman–Crippen LogP) is 1.20. The summed E-state index contributed by atoms with van der Waals surface area (Å²) in [5.41, 5.74) is -0.777. The van der Waals surface area contributed by atoms with Gasteiger partial charge in [-0.2, -0.15) is 4.98 Å². The highest BCUT2D eigenvalue weighted by atomic mass is 16.4. The Balaban J connectivity index is 2.80. The summed E-state index contributed by atoms with van der Waals surface area (Å²) in [6.45, 7) is 3.50. The number of oxazole rings is 1. The molecule has 0 radical (unpaired) electrons. The van der Waals surface area contributed by atoms with Gasteiger partial charge in [0.05, 0.1) is 5.54 Å². The van der Waals surface area contributed by atoms with Crippen molar-refractivity contribution in [1.29, 1.82) is 0 Å². The maximum Gasteiger partial charge on any atom is 0.357 e. The number of rotatable bonds is 3. The minimum Gasteiger partial charge on any atom is -0.476 e. The zero-order valence-electron chi connectivity index (χ0n) is 7.87. The van der Waals surface area contributed by atoms with E-state index in [9.17, 15) is 4.79 Å².